The summed E-state index contributed by atoms with van der Waals surface area (Å²) >= 11 is 0. The molecule has 0 unspecified atom stereocenters. The van der Waals surface area contributed by atoms with Crippen LogP contribution in [0.4, 0.5) is 0 Å². The minimum Gasteiger partial charge on any atom is -0.481 e. The molecular formula is C7H12O2. The summed E-state index contributed by atoms with van der Waals surface area (Å²) in [5, 5.41) is 8.28. The second kappa shape index (κ2) is 4.13. The second-order valence-corrected chi connectivity index (χ2v) is 2.10. The zero-order valence-electron chi connectivity index (χ0n) is 5.79. The van der Waals surface area contributed by atoms with Crippen molar-refractivity contribution in [2.75, 3.05) is 0 Å². The third-order valence-corrected chi connectivity index (χ3v) is 1.02. The molecule has 0 aliphatic heterocycles. The minimum absolute atomic E-state index is 0.160. The average Bonchev–Trinajstić information content (AvgIpc) is 1.63. The molecule has 0 bridgehead atoms. The van der Waals surface area contributed by atoms with Crippen LogP contribution in [0.25, 0.3) is 0 Å². The van der Waals surface area contributed by atoms with E-state index in [9.17, 15) is 4.79 Å². The van der Waals surface area contributed by atoms with Crippen molar-refractivity contribution in [2.45, 2.75) is 20.3 Å². The van der Waals surface area contributed by atoms with Gasteiger partial charge in [0.25, 0.3) is 0 Å². The lowest BCUT2D eigenvalue weighted by molar-refractivity contribution is -0.137. The van der Waals surface area contributed by atoms with E-state index in [1.54, 1.807) is 0 Å². The highest BCUT2D eigenvalue weighted by atomic mass is 16.4. The molecule has 0 amide bonds. The minimum atomic E-state index is -0.736. The third kappa shape index (κ3) is 5.07. The number of hydrogen-bond donors (Lipinski definition) is 1. The molecule has 0 rings (SSSR count). The summed E-state index contributed by atoms with van der Waals surface area (Å²) in [7, 11) is 0. The molecule has 0 spiro atoms. The SMILES string of the molecule is CC=C[C@H](C)CC(=O)O. The molecule has 0 aromatic heterocycles. The molecule has 52 valence electrons. The van der Waals surface area contributed by atoms with Crippen molar-refractivity contribution in [3.8, 4) is 0 Å². The lowest BCUT2D eigenvalue weighted by Crippen LogP contribution is -2.00. The average molecular weight is 128 g/mol. The maximum Gasteiger partial charge on any atom is 0.303 e. The topological polar surface area (TPSA) is 37.3 Å². The summed E-state index contributed by atoms with van der Waals surface area (Å²) in [4.78, 5) is 10.1. The van der Waals surface area contributed by atoms with E-state index in [0.29, 0.717) is 0 Å². The fourth-order valence-corrected chi connectivity index (χ4v) is 0.672. The van der Waals surface area contributed by atoms with E-state index in [1.165, 1.54) is 0 Å². The summed E-state index contributed by atoms with van der Waals surface area (Å²) in [6.45, 7) is 3.77. The Morgan fingerprint density at radius 2 is 2.33 bits per heavy atom. The van der Waals surface area contributed by atoms with Crippen LogP contribution in [0.2, 0.25) is 0 Å². The number of hydrogen-bond acceptors (Lipinski definition) is 1. The van der Waals surface area contributed by atoms with E-state index in [0.717, 1.165) is 0 Å². The number of carboxylic acid groups (broad SMARTS) is 1. The lowest BCUT2D eigenvalue weighted by atomic mass is 10.1. The molecule has 2 heteroatoms. The van der Waals surface area contributed by atoms with Crippen molar-refractivity contribution in [2.24, 2.45) is 5.92 Å². The van der Waals surface area contributed by atoms with E-state index in [1.807, 2.05) is 26.0 Å². The van der Waals surface area contributed by atoms with Crippen LogP contribution in [0.1, 0.15) is 20.3 Å². The van der Waals surface area contributed by atoms with E-state index < -0.39 is 5.97 Å². The molecule has 0 saturated heterocycles. The van der Waals surface area contributed by atoms with Crippen LogP contribution in [0.15, 0.2) is 12.2 Å². The molecular weight excluding hydrogens is 116 g/mol. The smallest absolute Gasteiger partial charge is 0.303 e. The highest BCUT2D eigenvalue weighted by molar-refractivity contribution is 5.67. The van der Waals surface area contributed by atoms with Gasteiger partial charge >= 0.3 is 5.97 Å². The van der Waals surface area contributed by atoms with Crippen molar-refractivity contribution >= 4 is 5.97 Å². The fourth-order valence-electron chi connectivity index (χ4n) is 0.672. The third-order valence-electron chi connectivity index (χ3n) is 1.02. The Morgan fingerprint density at radius 1 is 1.78 bits per heavy atom. The molecule has 0 heterocycles. The van der Waals surface area contributed by atoms with Gasteiger partial charge in [0.2, 0.25) is 0 Å². The second-order valence-electron chi connectivity index (χ2n) is 2.10. The summed E-state index contributed by atoms with van der Waals surface area (Å²) in [6.07, 6.45) is 3.98. The Morgan fingerprint density at radius 3 is 2.67 bits per heavy atom. The summed E-state index contributed by atoms with van der Waals surface area (Å²) in [5.41, 5.74) is 0. The molecule has 1 atom stereocenters. The maximum atomic E-state index is 10.1. The standard InChI is InChI=1S/C7H12O2/c1-3-4-6(2)5-7(8)9/h3-4,6H,5H2,1-2H3,(H,8,9)/t6-/m0/s1. The number of carboxylic acids is 1. The highest BCUT2D eigenvalue weighted by Gasteiger charge is 2.01. The van der Waals surface area contributed by atoms with Gasteiger partial charge in [-0.25, -0.2) is 0 Å². The molecule has 1 N–H and O–H groups in total. The molecule has 0 aromatic carbocycles. The van der Waals surface area contributed by atoms with Crippen molar-refractivity contribution in [1.29, 1.82) is 0 Å². The predicted octanol–water partition coefficient (Wildman–Crippen LogP) is 1.67. The van der Waals surface area contributed by atoms with Crippen LogP contribution >= 0.6 is 0 Å². The zero-order valence-corrected chi connectivity index (χ0v) is 5.79. The van der Waals surface area contributed by atoms with Gasteiger partial charge in [0.15, 0.2) is 0 Å². The van der Waals surface area contributed by atoms with Gasteiger partial charge in [-0.15, -0.1) is 0 Å². The van der Waals surface area contributed by atoms with Crippen LogP contribution in [-0.2, 0) is 4.79 Å². The Bertz CT molecular complexity index is 116. The first-order valence-corrected chi connectivity index (χ1v) is 3.01. The Hall–Kier alpha value is -0.790. The normalized spacial score (nSPS) is 14.0. The Kier molecular flexibility index (Phi) is 3.76. The van der Waals surface area contributed by atoms with Crippen molar-refractivity contribution in [3.63, 3.8) is 0 Å². The van der Waals surface area contributed by atoms with Gasteiger partial charge in [0.05, 0.1) is 6.42 Å². The van der Waals surface area contributed by atoms with Crippen molar-refractivity contribution < 1.29 is 9.90 Å². The first-order valence-electron chi connectivity index (χ1n) is 3.01. The van der Waals surface area contributed by atoms with Crippen LogP contribution in [-0.4, -0.2) is 11.1 Å². The summed E-state index contributed by atoms with van der Waals surface area (Å²) in [6, 6.07) is 0. The molecule has 0 aliphatic carbocycles. The van der Waals surface area contributed by atoms with Gasteiger partial charge in [-0.1, -0.05) is 19.1 Å². The van der Waals surface area contributed by atoms with Gasteiger partial charge in [-0.3, -0.25) is 4.79 Å². The quantitative estimate of drug-likeness (QED) is 0.587. The van der Waals surface area contributed by atoms with Gasteiger partial charge < -0.3 is 5.11 Å². The van der Waals surface area contributed by atoms with Crippen LogP contribution in [0, 0.1) is 5.92 Å². The number of rotatable bonds is 3. The van der Waals surface area contributed by atoms with Crippen LogP contribution < -0.4 is 0 Å². The van der Waals surface area contributed by atoms with Gasteiger partial charge in [0.1, 0.15) is 0 Å². The van der Waals surface area contributed by atoms with Gasteiger partial charge in [0, 0.05) is 0 Å². The summed E-state index contributed by atoms with van der Waals surface area (Å²) in [5.74, 6) is -0.576. The Labute approximate surface area is 55.2 Å². The van der Waals surface area contributed by atoms with Crippen molar-refractivity contribution in [1.82, 2.24) is 0 Å². The van der Waals surface area contributed by atoms with Gasteiger partial charge in [-0.05, 0) is 12.8 Å². The zero-order chi connectivity index (χ0) is 7.28. The monoisotopic (exact) mass is 128 g/mol. The highest BCUT2D eigenvalue weighted by Crippen LogP contribution is 2.02. The molecule has 0 radical (unpaired) electrons. The van der Waals surface area contributed by atoms with E-state index in [2.05, 4.69) is 0 Å². The number of allylic oxidation sites excluding steroid dienone is 2. The van der Waals surface area contributed by atoms with Crippen molar-refractivity contribution in [3.05, 3.63) is 12.2 Å². The molecule has 0 saturated carbocycles. The predicted molar refractivity (Wildman–Crippen MR) is 36.2 cm³/mol. The molecule has 9 heavy (non-hydrogen) atoms. The Balaban J connectivity index is 3.50. The van der Waals surface area contributed by atoms with Crippen LogP contribution in [0.5, 0.6) is 0 Å². The molecule has 0 aliphatic rings. The maximum absolute atomic E-state index is 10.1. The number of aliphatic carboxylic acids is 1. The molecule has 0 fully saturated rings. The first-order chi connectivity index (χ1) is 4.16. The molecule has 0 aromatic rings. The fraction of sp³-hybridized carbons (Fsp3) is 0.571. The van der Waals surface area contributed by atoms with Crippen LogP contribution in [0.3, 0.4) is 0 Å². The van der Waals surface area contributed by atoms with E-state index in [-0.39, 0.29) is 12.3 Å². The summed E-state index contributed by atoms with van der Waals surface area (Å²) < 4.78 is 0. The first kappa shape index (κ1) is 8.21. The lowest BCUT2D eigenvalue weighted by Gasteiger charge is -1.98. The van der Waals surface area contributed by atoms with Gasteiger partial charge in [-0.2, -0.15) is 0 Å². The number of carbonyl (C=O) groups is 1. The van der Waals surface area contributed by atoms with E-state index >= 15 is 0 Å². The van der Waals surface area contributed by atoms with E-state index in [4.69, 9.17) is 5.11 Å². The largest absolute Gasteiger partial charge is 0.481 e. The molecule has 2 nitrogen and oxygen atoms in total.